The van der Waals surface area contributed by atoms with Crippen LogP contribution >= 0.6 is 34.7 Å². The third kappa shape index (κ3) is 7.49. The van der Waals surface area contributed by atoms with Crippen LogP contribution in [0.1, 0.15) is 63.0 Å². The monoisotopic (exact) mass is 887 g/mol. The van der Waals surface area contributed by atoms with Gasteiger partial charge in [0.25, 0.3) is 11.8 Å². The summed E-state index contributed by atoms with van der Waals surface area (Å²) in [6.45, 7) is 9.29. The molecule has 22 heteroatoms. The quantitative estimate of drug-likeness (QED) is 0.0468. The number of carboxylic acids is 2. The van der Waals surface area contributed by atoms with Gasteiger partial charge in [0.15, 0.2) is 27.9 Å². The molecule has 0 saturated carbocycles. The van der Waals surface area contributed by atoms with E-state index in [1.54, 1.807) is 11.5 Å². The van der Waals surface area contributed by atoms with E-state index in [4.69, 9.17) is 22.2 Å². The molecule has 5 fully saturated rings. The van der Waals surface area contributed by atoms with Crippen LogP contribution in [0.15, 0.2) is 27.6 Å². The minimum Gasteiger partial charge on any atom is -0.548 e. The van der Waals surface area contributed by atoms with Crippen LogP contribution in [0, 0.1) is 11.3 Å². The van der Waals surface area contributed by atoms with E-state index < -0.39 is 81.3 Å². The van der Waals surface area contributed by atoms with Gasteiger partial charge in [0.05, 0.1) is 60.1 Å². The molecule has 8 rings (SSSR count). The van der Waals surface area contributed by atoms with E-state index in [1.807, 2.05) is 6.92 Å². The summed E-state index contributed by atoms with van der Waals surface area (Å²) < 4.78 is 2.23. The second kappa shape index (κ2) is 15.7. The van der Waals surface area contributed by atoms with E-state index in [2.05, 4.69) is 20.8 Å². The van der Waals surface area contributed by atoms with Crippen molar-refractivity contribution < 1.29 is 53.7 Å². The van der Waals surface area contributed by atoms with Gasteiger partial charge < -0.3 is 65.2 Å². The predicted octanol–water partition coefficient (Wildman–Crippen LogP) is -0.672. The molecule has 0 radical (unpaired) electrons. The summed E-state index contributed by atoms with van der Waals surface area (Å²) in [5.41, 5.74) is 2.60. The molecule has 2 bridgehead atoms. The van der Waals surface area contributed by atoms with Gasteiger partial charge in [-0.25, -0.2) is 4.98 Å². The van der Waals surface area contributed by atoms with Crippen LogP contribution in [0.3, 0.4) is 0 Å². The number of aryl methyl sites for hydroxylation is 1. The minimum absolute atomic E-state index is 0.0190. The Morgan fingerprint density at radius 3 is 2.42 bits per heavy atom. The number of aromatic hydroxyl groups is 2. The van der Waals surface area contributed by atoms with Crippen molar-refractivity contribution in [2.45, 2.75) is 81.8 Å². The molecule has 19 nitrogen and oxygen atoms in total. The number of nitrogens with two attached hydrogens (primary N) is 1. The van der Waals surface area contributed by atoms with E-state index in [-0.39, 0.29) is 43.0 Å². The number of carboxylic acid groups (broad SMARTS) is 2. The average molecular weight is 888 g/mol. The first-order chi connectivity index (χ1) is 28.2. The molecule has 6 N–H and O–H groups in total. The number of pyridine rings is 1. The summed E-state index contributed by atoms with van der Waals surface area (Å²) in [6.07, 6.45) is 3.60. The Bertz CT molecular complexity index is 2380. The van der Waals surface area contributed by atoms with E-state index in [0.717, 1.165) is 30.6 Å². The van der Waals surface area contributed by atoms with E-state index >= 15 is 0 Å². The van der Waals surface area contributed by atoms with Crippen LogP contribution in [0.25, 0.3) is 10.9 Å². The first kappa shape index (κ1) is 43.0. The van der Waals surface area contributed by atoms with Gasteiger partial charge in [-0.1, -0.05) is 23.7 Å². The number of amides is 3. The van der Waals surface area contributed by atoms with Crippen molar-refractivity contribution in [3.8, 4) is 11.5 Å². The second-order valence-electron chi connectivity index (χ2n) is 16.5. The average Bonchev–Trinajstić information content (AvgIpc) is 3.64. The van der Waals surface area contributed by atoms with Crippen molar-refractivity contribution in [1.82, 2.24) is 25.1 Å². The number of benzene rings is 1. The van der Waals surface area contributed by atoms with Gasteiger partial charge >= 0.3 is 0 Å². The topological polar surface area (TPSA) is 282 Å². The molecule has 5 saturated heterocycles. The molecule has 1 aromatic carbocycles. The number of aliphatic carboxylic acids is 2. The summed E-state index contributed by atoms with van der Waals surface area (Å²) >= 11 is 8.63. The number of thiazole rings is 1. The summed E-state index contributed by atoms with van der Waals surface area (Å²) in [7, 11) is 0. The number of thioether (sulfide) groups is 1. The molecule has 7 heterocycles. The predicted molar refractivity (Wildman–Crippen MR) is 216 cm³/mol. The van der Waals surface area contributed by atoms with Gasteiger partial charge in [-0.15, -0.1) is 23.1 Å². The zero-order valence-electron chi connectivity index (χ0n) is 33.1. The Hall–Kier alpha value is -5.12. The maximum Gasteiger partial charge on any atom is 0.276 e. The highest BCUT2D eigenvalue weighted by Crippen LogP contribution is 2.49. The molecule has 2 unspecified atom stereocenters. The molecule has 0 spiro atoms. The third-order valence-electron chi connectivity index (χ3n) is 12.5. The van der Waals surface area contributed by atoms with Crippen molar-refractivity contribution in [1.29, 1.82) is 0 Å². The van der Waals surface area contributed by atoms with Gasteiger partial charge in [0.1, 0.15) is 22.7 Å². The van der Waals surface area contributed by atoms with Crippen molar-refractivity contribution in [2.24, 2.45) is 16.5 Å². The SMILES string of the molecule is CCn1cc(C(=O)NCC23CC[N+](CC4C(C(=O)[O-])N5C(=O)[C@@H](NC(=O)/C(=N\OC(C)(C)C(=O)[O-])c6csc(N)n6)[C@H]5S[C@H]4C)(CC2)CC3)c(=O)c2c(Cl)c(O)c(O)cc21. The largest absolute Gasteiger partial charge is 0.548 e. The van der Waals surface area contributed by atoms with Crippen LogP contribution in [-0.2, 0) is 30.6 Å². The molecule has 5 aliphatic heterocycles. The number of piperidine rings is 3. The highest BCUT2D eigenvalue weighted by atomic mass is 35.5. The standard InChI is InChI=1S/C38H45ClN8O11S2/c1-5-45-13-18(28(49)23-21(45)12-22(48)29(50)24(23)39)30(51)41-16-38-6-9-47(10-7-38,11-8-38)14-19-17(2)60-33-26(32(53)46(33)27(19)34(54)55)43-31(52)25(20-15-59-36(40)42-20)44-58-37(3,4)35(56)57/h12-13,15,17,19,26-27,33H,5-11,14,16H2,1-4H3,(H7-,40,41,42,43,44,48,49,50,51,52,54,55,56,57)/p-1/t17-,19?,26+,27?,33+,38?,47?/m0/s1. The molecule has 3 amide bonds. The molecular formula is C38H44ClN8O11S2-. The fourth-order valence-corrected chi connectivity index (χ4v) is 11.2. The number of rotatable bonds is 13. The maximum atomic E-state index is 13.7. The Morgan fingerprint density at radius 1 is 1.17 bits per heavy atom. The number of halogens is 1. The van der Waals surface area contributed by atoms with E-state index in [1.165, 1.54) is 48.2 Å². The minimum atomic E-state index is -1.91. The van der Waals surface area contributed by atoms with Crippen LogP contribution in [-0.4, -0.2) is 126 Å². The first-order valence-electron chi connectivity index (χ1n) is 19.3. The summed E-state index contributed by atoms with van der Waals surface area (Å²) in [5, 5.41) is 54.0. The number of anilines is 1. The van der Waals surface area contributed by atoms with Crippen LogP contribution in [0.2, 0.25) is 5.02 Å². The van der Waals surface area contributed by atoms with Crippen LogP contribution < -0.4 is 32.0 Å². The number of carbonyl (C=O) groups is 5. The van der Waals surface area contributed by atoms with Crippen molar-refractivity contribution >= 4 is 86.1 Å². The molecule has 0 aliphatic carbocycles. The van der Waals surface area contributed by atoms with E-state index in [0.29, 0.717) is 43.8 Å². The van der Waals surface area contributed by atoms with Gasteiger partial charge in [-0.3, -0.25) is 19.2 Å². The lowest BCUT2D eigenvalue weighted by molar-refractivity contribution is -0.948. The number of quaternary nitrogens is 1. The van der Waals surface area contributed by atoms with Crippen molar-refractivity contribution in [3.05, 3.63) is 44.1 Å². The lowest BCUT2D eigenvalue weighted by atomic mass is 9.70. The fourth-order valence-electron chi connectivity index (χ4n) is 8.77. The molecule has 5 aliphatic rings. The highest BCUT2D eigenvalue weighted by Gasteiger charge is 2.60. The number of phenols is 2. The summed E-state index contributed by atoms with van der Waals surface area (Å²) in [6, 6.07) is -1.17. The number of carbonyl (C=O) groups excluding carboxylic acids is 5. The highest BCUT2D eigenvalue weighted by molar-refractivity contribution is 8.00. The van der Waals surface area contributed by atoms with E-state index in [9.17, 15) is 49.2 Å². The Morgan fingerprint density at radius 2 is 1.83 bits per heavy atom. The van der Waals surface area contributed by atoms with Crippen LogP contribution in [0.4, 0.5) is 5.13 Å². The molecular weight excluding hydrogens is 844 g/mol. The molecule has 322 valence electrons. The van der Waals surface area contributed by atoms with Gasteiger partial charge in [0, 0.05) is 66.6 Å². The molecule has 60 heavy (non-hydrogen) atoms. The Kier molecular flexibility index (Phi) is 11.3. The lowest BCUT2D eigenvalue weighted by Crippen LogP contribution is -2.79. The number of β-lactam (4-membered cyclic amide) rings is 1. The van der Waals surface area contributed by atoms with Gasteiger partial charge in [-0.2, -0.15) is 0 Å². The molecule has 3 aromatic rings. The van der Waals surface area contributed by atoms with Crippen molar-refractivity contribution in [2.75, 3.05) is 38.5 Å². The zero-order chi connectivity index (χ0) is 43.6. The molecule has 5 atom stereocenters. The summed E-state index contributed by atoms with van der Waals surface area (Å²) in [5.74, 6) is -6.73. The number of hydrogen-bond acceptors (Lipinski definition) is 16. The lowest BCUT2D eigenvalue weighted by Gasteiger charge is -2.61. The van der Waals surface area contributed by atoms with Gasteiger partial charge in [0.2, 0.25) is 11.3 Å². The second-order valence-corrected chi connectivity index (χ2v) is 19.3. The Balaban J connectivity index is 1.01. The normalized spacial score (nSPS) is 27.6. The maximum absolute atomic E-state index is 13.7. The third-order valence-corrected chi connectivity index (χ3v) is 15.1. The number of nitrogen functional groups attached to an aromatic ring is 1. The van der Waals surface area contributed by atoms with Crippen molar-refractivity contribution in [3.63, 3.8) is 0 Å². The smallest absolute Gasteiger partial charge is 0.276 e. The molecule has 2 aromatic heterocycles. The number of hydrogen-bond donors (Lipinski definition) is 5. The fraction of sp³-hybridized carbons (Fsp3) is 0.526. The number of phenolic OH excluding ortho intramolecular Hbond substituents is 2. The summed E-state index contributed by atoms with van der Waals surface area (Å²) in [4.78, 5) is 89.0. The number of aromatic nitrogens is 2. The van der Waals surface area contributed by atoms with Gasteiger partial charge in [-0.05, 0) is 20.8 Å². The number of nitrogens with one attached hydrogen (secondary N) is 2. The zero-order valence-corrected chi connectivity index (χ0v) is 35.4. The number of fused-ring (bicyclic) bond motifs is 5. The first-order valence-corrected chi connectivity index (χ1v) is 21.5. The number of nitrogens with zero attached hydrogens (tertiary/aromatic N) is 5. The number of oxime groups is 1. The Labute approximate surface area is 356 Å². The van der Waals surface area contributed by atoms with Crippen LogP contribution in [0.5, 0.6) is 11.5 Å².